The molecule has 0 aliphatic rings. The van der Waals surface area contributed by atoms with E-state index < -0.39 is 46.0 Å². The van der Waals surface area contributed by atoms with Gasteiger partial charge in [-0.3, -0.25) is 9.59 Å². The second-order valence-electron chi connectivity index (χ2n) is 9.69. The van der Waals surface area contributed by atoms with Gasteiger partial charge >= 0.3 is 10.2 Å². The SMILES string of the molecule is CCC(C(=O)NC(C)(C)C)N(Cc1ccc(Cl)cc1Cl)C(=O)CN(c1ccc(F)cc1)S(=O)(=O)N(C)C. The minimum absolute atomic E-state index is 0.0653. The number of nitrogens with zero attached hydrogens (tertiary/aromatic N) is 3. The molecule has 204 valence electrons. The lowest BCUT2D eigenvalue weighted by Crippen LogP contribution is -2.55. The Morgan fingerprint density at radius 1 is 1.05 bits per heavy atom. The molecule has 0 aliphatic carbocycles. The summed E-state index contributed by atoms with van der Waals surface area (Å²) in [5.41, 5.74) is 0.0660. The smallest absolute Gasteiger partial charge is 0.304 e. The largest absolute Gasteiger partial charge is 0.350 e. The van der Waals surface area contributed by atoms with Crippen molar-refractivity contribution in [1.82, 2.24) is 14.5 Å². The average molecular weight is 576 g/mol. The van der Waals surface area contributed by atoms with Gasteiger partial charge < -0.3 is 10.2 Å². The first-order valence-electron chi connectivity index (χ1n) is 11.6. The molecule has 2 aromatic rings. The number of carbonyl (C=O) groups excluding carboxylic acids is 2. The van der Waals surface area contributed by atoms with Crippen LogP contribution in [0.3, 0.4) is 0 Å². The zero-order valence-electron chi connectivity index (χ0n) is 21.8. The summed E-state index contributed by atoms with van der Waals surface area (Å²) in [6.45, 7) is 6.52. The predicted octanol–water partition coefficient (Wildman–Crippen LogP) is 4.47. The molecule has 0 fully saturated rings. The molecule has 0 spiro atoms. The molecule has 0 saturated carbocycles. The summed E-state index contributed by atoms with van der Waals surface area (Å²) in [6, 6.07) is 8.62. The lowest BCUT2D eigenvalue weighted by atomic mass is 10.1. The summed E-state index contributed by atoms with van der Waals surface area (Å²) in [7, 11) is -1.50. The molecule has 0 radical (unpaired) electrons. The Labute approximate surface area is 228 Å². The minimum Gasteiger partial charge on any atom is -0.350 e. The van der Waals surface area contributed by atoms with Crippen molar-refractivity contribution < 1.29 is 22.4 Å². The van der Waals surface area contributed by atoms with Gasteiger partial charge in [0.1, 0.15) is 18.4 Å². The number of benzene rings is 2. The molecule has 8 nitrogen and oxygen atoms in total. The van der Waals surface area contributed by atoms with Crippen LogP contribution in [0.15, 0.2) is 42.5 Å². The van der Waals surface area contributed by atoms with Crippen molar-refractivity contribution in [3.63, 3.8) is 0 Å². The Hall–Kier alpha value is -2.40. The fourth-order valence-electron chi connectivity index (χ4n) is 3.53. The quantitative estimate of drug-likeness (QED) is 0.453. The first-order chi connectivity index (χ1) is 17.1. The van der Waals surface area contributed by atoms with E-state index in [-0.39, 0.29) is 18.7 Å². The highest BCUT2D eigenvalue weighted by atomic mass is 35.5. The second-order valence-corrected chi connectivity index (χ2v) is 12.6. The molecule has 0 aromatic heterocycles. The Morgan fingerprint density at radius 3 is 2.14 bits per heavy atom. The van der Waals surface area contributed by atoms with Crippen LogP contribution in [0.2, 0.25) is 10.0 Å². The highest BCUT2D eigenvalue weighted by Gasteiger charge is 2.35. The topological polar surface area (TPSA) is 90.0 Å². The van der Waals surface area contributed by atoms with E-state index in [9.17, 15) is 22.4 Å². The molecule has 2 amide bonds. The van der Waals surface area contributed by atoms with Gasteiger partial charge in [-0.05, 0) is 69.2 Å². The molecule has 1 unspecified atom stereocenters. The molecule has 1 atom stereocenters. The number of nitrogens with one attached hydrogen (secondary N) is 1. The molecule has 37 heavy (non-hydrogen) atoms. The van der Waals surface area contributed by atoms with Crippen molar-refractivity contribution in [2.24, 2.45) is 0 Å². The van der Waals surface area contributed by atoms with Gasteiger partial charge in [0.25, 0.3) is 0 Å². The minimum atomic E-state index is -4.15. The van der Waals surface area contributed by atoms with Gasteiger partial charge in [0, 0.05) is 36.2 Å². The number of hydrogen-bond donors (Lipinski definition) is 1. The number of hydrogen-bond acceptors (Lipinski definition) is 4. The fraction of sp³-hybridized carbons (Fsp3) is 0.440. The summed E-state index contributed by atoms with van der Waals surface area (Å²) in [5.74, 6) is -1.59. The van der Waals surface area contributed by atoms with Crippen LogP contribution < -0.4 is 9.62 Å². The molecule has 0 aliphatic heterocycles. The van der Waals surface area contributed by atoms with E-state index in [0.717, 1.165) is 20.7 Å². The maximum atomic E-state index is 13.8. The first-order valence-corrected chi connectivity index (χ1v) is 13.7. The highest BCUT2D eigenvalue weighted by molar-refractivity contribution is 7.90. The third kappa shape index (κ3) is 8.29. The summed E-state index contributed by atoms with van der Waals surface area (Å²) in [4.78, 5) is 28.3. The summed E-state index contributed by atoms with van der Waals surface area (Å²) in [6.07, 6.45) is 0.260. The van der Waals surface area contributed by atoms with Crippen LogP contribution in [0.4, 0.5) is 10.1 Å². The number of amides is 2. The molecular weight excluding hydrogens is 542 g/mol. The molecule has 0 heterocycles. The fourth-order valence-corrected chi connectivity index (χ4v) is 5.05. The maximum absolute atomic E-state index is 13.8. The van der Waals surface area contributed by atoms with Crippen LogP contribution in [0.5, 0.6) is 0 Å². The lowest BCUT2D eigenvalue weighted by molar-refractivity contribution is -0.141. The Morgan fingerprint density at radius 2 is 1.65 bits per heavy atom. The van der Waals surface area contributed by atoms with Gasteiger partial charge in [-0.2, -0.15) is 12.7 Å². The number of rotatable bonds is 10. The van der Waals surface area contributed by atoms with E-state index in [2.05, 4.69) is 5.32 Å². The van der Waals surface area contributed by atoms with Crippen LogP contribution >= 0.6 is 23.2 Å². The second kappa shape index (κ2) is 12.4. The van der Waals surface area contributed by atoms with Crippen molar-refractivity contribution >= 4 is 50.9 Å². The van der Waals surface area contributed by atoms with Crippen molar-refractivity contribution in [1.29, 1.82) is 0 Å². The Balaban J connectivity index is 2.55. The monoisotopic (exact) mass is 574 g/mol. The van der Waals surface area contributed by atoms with E-state index in [1.807, 2.05) is 20.8 Å². The van der Waals surface area contributed by atoms with Crippen molar-refractivity contribution in [2.75, 3.05) is 24.9 Å². The van der Waals surface area contributed by atoms with Crippen LogP contribution in [0.25, 0.3) is 0 Å². The zero-order chi connectivity index (χ0) is 28.1. The number of anilines is 1. The molecule has 12 heteroatoms. The molecular formula is C25H33Cl2FN4O4S. The Bertz CT molecular complexity index is 1220. The number of carbonyl (C=O) groups is 2. The average Bonchev–Trinajstić information content (AvgIpc) is 2.78. The predicted molar refractivity (Wildman–Crippen MR) is 145 cm³/mol. The van der Waals surface area contributed by atoms with E-state index >= 15 is 0 Å². The first kappa shape index (κ1) is 30.8. The third-order valence-corrected chi connectivity index (χ3v) is 7.78. The third-order valence-electron chi connectivity index (χ3n) is 5.37. The van der Waals surface area contributed by atoms with Crippen molar-refractivity contribution in [3.8, 4) is 0 Å². The van der Waals surface area contributed by atoms with Crippen LogP contribution in [0, 0.1) is 5.82 Å². The normalized spacial score (nSPS) is 12.8. The highest BCUT2D eigenvalue weighted by Crippen LogP contribution is 2.25. The van der Waals surface area contributed by atoms with Crippen LogP contribution in [-0.2, 0) is 26.3 Å². The van der Waals surface area contributed by atoms with E-state index in [1.54, 1.807) is 19.1 Å². The molecule has 0 saturated heterocycles. The van der Waals surface area contributed by atoms with Crippen LogP contribution in [-0.4, -0.2) is 61.7 Å². The summed E-state index contributed by atoms with van der Waals surface area (Å²) in [5, 5.41) is 3.59. The summed E-state index contributed by atoms with van der Waals surface area (Å²) < 4.78 is 41.7. The van der Waals surface area contributed by atoms with Crippen molar-refractivity contribution in [2.45, 2.75) is 52.2 Å². The number of halogens is 3. The molecule has 2 rings (SSSR count). The van der Waals surface area contributed by atoms with Crippen LogP contribution in [0.1, 0.15) is 39.7 Å². The standard InChI is InChI=1S/C25H33Cl2FN4O4S/c1-7-22(24(34)29-25(2,3)4)31(15-17-8-9-18(26)14-21(17)27)23(33)16-32(37(35,36)30(5)6)20-12-10-19(28)11-13-20/h8-14,22H,7,15-16H2,1-6H3,(H,29,34). The molecule has 0 bridgehead atoms. The van der Waals surface area contributed by atoms with Gasteiger partial charge in [-0.1, -0.05) is 36.2 Å². The van der Waals surface area contributed by atoms with E-state index in [0.29, 0.717) is 15.6 Å². The van der Waals surface area contributed by atoms with Gasteiger partial charge in [0.05, 0.1) is 5.69 Å². The van der Waals surface area contributed by atoms with Crippen molar-refractivity contribution in [3.05, 3.63) is 63.9 Å². The van der Waals surface area contributed by atoms with Gasteiger partial charge in [-0.25, -0.2) is 8.70 Å². The maximum Gasteiger partial charge on any atom is 0.304 e. The zero-order valence-corrected chi connectivity index (χ0v) is 24.1. The van der Waals surface area contributed by atoms with E-state index in [4.69, 9.17) is 23.2 Å². The molecule has 2 aromatic carbocycles. The van der Waals surface area contributed by atoms with E-state index in [1.165, 1.54) is 37.2 Å². The molecule has 1 N–H and O–H groups in total. The summed E-state index contributed by atoms with van der Waals surface area (Å²) >= 11 is 12.4. The van der Waals surface area contributed by atoms with Gasteiger partial charge in [0.15, 0.2) is 0 Å². The van der Waals surface area contributed by atoms with Gasteiger partial charge in [-0.15, -0.1) is 0 Å². The lowest BCUT2D eigenvalue weighted by Gasteiger charge is -2.35. The Kier molecular flexibility index (Phi) is 10.4. The van der Waals surface area contributed by atoms with Gasteiger partial charge in [0.2, 0.25) is 11.8 Å².